The van der Waals surface area contributed by atoms with Gasteiger partial charge in [-0.15, -0.1) is 0 Å². The first-order valence-electron chi connectivity index (χ1n) is 6.57. The Morgan fingerprint density at radius 2 is 1.38 bits per heavy atom. The number of rotatable bonds is 3. The van der Waals surface area contributed by atoms with Crippen LogP contribution in [0.5, 0.6) is 0 Å². The molecule has 0 spiro atoms. The molecule has 2 aromatic carbocycles. The van der Waals surface area contributed by atoms with E-state index < -0.39 is 44.1 Å². The maximum Gasteiger partial charge on any atom is 0.416 e. The van der Waals surface area contributed by atoms with Crippen LogP contribution < -0.4 is 10.5 Å². The lowest BCUT2D eigenvalue weighted by molar-refractivity contribution is -0.143. The van der Waals surface area contributed by atoms with Gasteiger partial charge in [-0.3, -0.25) is 4.72 Å². The minimum Gasteiger partial charge on any atom is -0.398 e. The van der Waals surface area contributed by atoms with Crippen LogP contribution in [0, 0.1) is 0 Å². The average Bonchev–Trinajstić information content (AvgIpc) is 2.47. The highest BCUT2D eigenvalue weighted by atomic mass is 35.5. The van der Waals surface area contributed by atoms with Crippen molar-refractivity contribution < 1.29 is 34.8 Å². The summed E-state index contributed by atoms with van der Waals surface area (Å²) in [6.45, 7) is 0. The molecular weight excluding hydrogens is 410 g/mol. The largest absolute Gasteiger partial charge is 0.416 e. The highest BCUT2D eigenvalue weighted by Crippen LogP contribution is 2.38. The molecule has 0 fully saturated rings. The Kier molecular flexibility index (Phi) is 5.08. The molecular formula is C14H9ClF6N2O2S. The zero-order valence-corrected chi connectivity index (χ0v) is 14.0. The Bertz CT molecular complexity index is 909. The van der Waals surface area contributed by atoms with E-state index in [0.29, 0.717) is 0 Å². The summed E-state index contributed by atoms with van der Waals surface area (Å²) < 4.78 is 103. The monoisotopic (exact) mass is 418 g/mol. The van der Waals surface area contributed by atoms with Crippen molar-refractivity contribution >= 4 is 33.0 Å². The molecule has 0 aliphatic carbocycles. The second-order valence-corrected chi connectivity index (χ2v) is 7.17. The van der Waals surface area contributed by atoms with Crippen LogP contribution in [0.4, 0.5) is 37.7 Å². The molecule has 0 radical (unpaired) electrons. The fourth-order valence-corrected chi connectivity index (χ4v) is 3.21. The number of nitrogen functional groups attached to an aromatic ring is 1. The number of hydrogen-bond donors (Lipinski definition) is 2. The van der Waals surface area contributed by atoms with Gasteiger partial charge in [0, 0.05) is 0 Å². The quantitative estimate of drug-likeness (QED) is 0.557. The van der Waals surface area contributed by atoms with Crippen LogP contribution in [0.15, 0.2) is 41.3 Å². The van der Waals surface area contributed by atoms with Crippen molar-refractivity contribution in [1.82, 2.24) is 0 Å². The average molecular weight is 419 g/mol. The molecule has 0 saturated carbocycles. The van der Waals surface area contributed by atoms with E-state index in [0.717, 1.165) is 18.2 Å². The number of nitrogens with two attached hydrogens (primary N) is 1. The molecule has 12 heteroatoms. The number of alkyl halides is 6. The summed E-state index contributed by atoms with van der Waals surface area (Å²) in [5, 5.41) is -0.145. The lowest BCUT2D eigenvalue weighted by Crippen LogP contribution is -2.16. The standard InChI is InChI=1S/C14H9ClF6N2O2S/c15-11-6-10(1-2-12(11)22)26(24,25)23-9-4-7(13(16,17)18)3-8(5-9)14(19,20)21/h1-6,23H,22H2. The number of nitrogens with one attached hydrogen (secondary N) is 1. The van der Waals surface area contributed by atoms with Crippen LogP contribution >= 0.6 is 11.6 Å². The summed E-state index contributed by atoms with van der Waals surface area (Å²) in [5.74, 6) is 0. The number of anilines is 2. The van der Waals surface area contributed by atoms with Gasteiger partial charge in [0.05, 0.1) is 32.4 Å². The zero-order chi connectivity index (χ0) is 19.9. The molecule has 0 amide bonds. The molecule has 26 heavy (non-hydrogen) atoms. The van der Waals surface area contributed by atoms with Crippen molar-refractivity contribution in [2.24, 2.45) is 0 Å². The van der Waals surface area contributed by atoms with Crippen molar-refractivity contribution in [3.05, 3.63) is 52.5 Å². The van der Waals surface area contributed by atoms with Crippen molar-refractivity contribution in [1.29, 1.82) is 0 Å². The Morgan fingerprint density at radius 1 is 0.885 bits per heavy atom. The van der Waals surface area contributed by atoms with Crippen molar-refractivity contribution in [3.8, 4) is 0 Å². The molecule has 0 aromatic heterocycles. The highest BCUT2D eigenvalue weighted by Gasteiger charge is 2.37. The Balaban J connectivity index is 2.52. The van der Waals surface area contributed by atoms with Gasteiger partial charge in [-0.05, 0) is 36.4 Å². The molecule has 4 nitrogen and oxygen atoms in total. The predicted octanol–water partition coefficient (Wildman–Crippen LogP) is 4.76. The normalized spacial score (nSPS) is 12.9. The summed E-state index contributed by atoms with van der Waals surface area (Å²) >= 11 is 5.68. The molecule has 2 aromatic rings. The SMILES string of the molecule is Nc1ccc(S(=O)(=O)Nc2cc(C(F)(F)F)cc(C(F)(F)F)c2)cc1Cl. The third-order valence-electron chi connectivity index (χ3n) is 3.12. The van der Waals surface area contributed by atoms with Crippen LogP contribution in [0.25, 0.3) is 0 Å². The maximum absolute atomic E-state index is 12.8. The van der Waals surface area contributed by atoms with Crippen molar-refractivity contribution in [2.45, 2.75) is 17.2 Å². The smallest absolute Gasteiger partial charge is 0.398 e. The van der Waals surface area contributed by atoms with E-state index in [2.05, 4.69) is 0 Å². The lowest BCUT2D eigenvalue weighted by atomic mass is 10.1. The molecule has 2 rings (SSSR count). The van der Waals surface area contributed by atoms with E-state index in [-0.39, 0.29) is 28.9 Å². The third-order valence-corrected chi connectivity index (χ3v) is 4.83. The van der Waals surface area contributed by atoms with E-state index in [9.17, 15) is 34.8 Å². The van der Waals surface area contributed by atoms with Gasteiger partial charge in [-0.25, -0.2) is 8.42 Å². The zero-order valence-electron chi connectivity index (χ0n) is 12.4. The molecule has 0 saturated heterocycles. The molecule has 0 bridgehead atoms. The molecule has 0 aliphatic heterocycles. The van der Waals surface area contributed by atoms with Crippen LogP contribution in [-0.4, -0.2) is 8.42 Å². The van der Waals surface area contributed by atoms with Gasteiger partial charge >= 0.3 is 12.4 Å². The molecule has 3 N–H and O–H groups in total. The highest BCUT2D eigenvalue weighted by molar-refractivity contribution is 7.92. The summed E-state index contributed by atoms with van der Waals surface area (Å²) in [4.78, 5) is -0.484. The van der Waals surface area contributed by atoms with E-state index in [4.69, 9.17) is 17.3 Å². The van der Waals surface area contributed by atoms with Gasteiger partial charge in [0.15, 0.2) is 0 Å². The minimum absolute atomic E-state index is 0.0454. The topological polar surface area (TPSA) is 72.2 Å². The van der Waals surface area contributed by atoms with Gasteiger partial charge in [0.25, 0.3) is 10.0 Å². The first kappa shape index (κ1) is 20.2. The number of halogens is 7. The first-order valence-corrected chi connectivity index (χ1v) is 8.43. The van der Waals surface area contributed by atoms with Gasteiger partial charge < -0.3 is 5.73 Å². The van der Waals surface area contributed by atoms with Crippen LogP contribution in [0.2, 0.25) is 5.02 Å². The van der Waals surface area contributed by atoms with E-state index in [1.807, 2.05) is 0 Å². The predicted molar refractivity (Wildman–Crippen MR) is 83.1 cm³/mol. The molecule has 142 valence electrons. The summed E-state index contributed by atoms with van der Waals surface area (Å²) in [6, 6.07) is 3.44. The van der Waals surface area contributed by atoms with Crippen molar-refractivity contribution in [2.75, 3.05) is 10.5 Å². The second-order valence-electron chi connectivity index (χ2n) is 5.08. The summed E-state index contributed by atoms with van der Waals surface area (Å²) in [5.41, 5.74) is 1.26. The van der Waals surface area contributed by atoms with E-state index in [1.165, 1.54) is 0 Å². The fourth-order valence-electron chi connectivity index (χ4n) is 1.90. The molecule has 0 heterocycles. The fraction of sp³-hybridized carbons (Fsp3) is 0.143. The molecule has 0 unspecified atom stereocenters. The summed E-state index contributed by atoms with van der Waals surface area (Å²) in [7, 11) is -4.50. The van der Waals surface area contributed by atoms with Gasteiger partial charge in [-0.1, -0.05) is 11.6 Å². The minimum atomic E-state index is -5.11. The lowest BCUT2D eigenvalue weighted by Gasteiger charge is -2.15. The van der Waals surface area contributed by atoms with Crippen LogP contribution in [0.1, 0.15) is 11.1 Å². The maximum atomic E-state index is 12.8. The van der Waals surface area contributed by atoms with E-state index >= 15 is 0 Å². The van der Waals surface area contributed by atoms with Gasteiger partial charge in [-0.2, -0.15) is 26.3 Å². The molecule has 0 atom stereocenters. The van der Waals surface area contributed by atoms with Crippen molar-refractivity contribution in [3.63, 3.8) is 0 Å². The third kappa shape index (κ3) is 4.52. The van der Waals surface area contributed by atoms with E-state index in [1.54, 1.807) is 4.72 Å². The Labute approximate surface area is 148 Å². The summed E-state index contributed by atoms with van der Waals surface area (Å²) in [6.07, 6.45) is -10.2. The van der Waals surface area contributed by atoms with Gasteiger partial charge in [0.2, 0.25) is 0 Å². The Hall–Kier alpha value is -2.14. The van der Waals surface area contributed by atoms with Crippen LogP contribution in [-0.2, 0) is 22.4 Å². The first-order chi connectivity index (χ1) is 11.7. The Morgan fingerprint density at radius 3 is 1.81 bits per heavy atom. The number of hydrogen-bond acceptors (Lipinski definition) is 3. The number of benzene rings is 2. The van der Waals surface area contributed by atoms with Gasteiger partial charge in [0.1, 0.15) is 0 Å². The second kappa shape index (κ2) is 6.54. The van der Waals surface area contributed by atoms with Crippen LogP contribution in [0.3, 0.4) is 0 Å². The number of sulfonamides is 1. The molecule has 0 aliphatic rings.